The van der Waals surface area contributed by atoms with Crippen LogP contribution in [0.2, 0.25) is 0 Å². The summed E-state index contributed by atoms with van der Waals surface area (Å²) >= 11 is 0. The standard InChI is InChI=1S/C16H16O3.C6H15N/c1-2-13(11-6-4-3-5-7-11)14-10-12(16(18)19)8-9-15(14)17;1-5(2)7-6(3)4/h3-10,13,17H,2H2,1H3,(H,18,19);5-7H,1-4H3. The predicted octanol–water partition coefficient (Wildman–Crippen LogP) is 5.03. The first-order chi connectivity index (χ1) is 12.3. The lowest BCUT2D eigenvalue weighted by Gasteiger charge is -2.17. The third-order valence-electron chi connectivity index (χ3n) is 3.93. The molecule has 1 unspecified atom stereocenters. The van der Waals surface area contributed by atoms with Crippen molar-refractivity contribution in [3.8, 4) is 5.75 Å². The van der Waals surface area contributed by atoms with Gasteiger partial charge in [-0.15, -0.1) is 0 Å². The third-order valence-corrected chi connectivity index (χ3v) is 3.93. The molecule has 0 aliphatic heterocycles. The van der Waals surface area contributed by atoms with Crippen molar-refractivity contribution in [1.82, 2.24) is 5.32 Å². The molecular formula is C22H31NO3. The van der Waals surface area contributed by atoms with Gasteiger partial charge >= 0.3 is 5.97 Å². The van der Waals surface area contributed by atoms with Crippen molar-refractivity contribution in [3.05, 3.63) is 65.2 Å². The summed E-state index contributed by atoms with van der Waals surface area (Å²) in [5.41, 5.74) is 1.93. The molecule has 0 radical (unpaired) electrons. The third kappa shape index (κ3) is 6.89. The van der Waals surface area contributed by atoms with Crippen molar-refractivity contribution in [2.75, 3.05) is 0 Å². The SMILES string of the molecule is CC(C)NC(C)C.CCC(c1ccccc1)c1cc(C(=O)O)ccc1O. The molecule has 2 rings (SSSR count). The minimum absolute atomic E-state index is 0.000463. The van der Waals surface area contributed by atoms with Crippen molar-refractivity contribution in [1.29, 1.82) is 0 Å². The Hall–Kier alpha value is -2.33. The van der Waals surface area contributed by atoms with E-state index in [-0.39, 0.29) is 17.2 Å². The van der Waals surface area contributed by atoms with Crippen LogP contribution in [0.3, 0.4) is 0 Å². The lowest BCUT2D eigenvalue weighted by molar-refractivity contribution is 0.0696. The number of hydrogen-bond acceptors (Lipinski definition) is 3. The van der Waals surface area contributed by atoms with Gasteiger partial charge in [-0.1, -0.05) is 65.0 Å². The Kier molecular flexibility index (Phi) is 8.86. The fourth-order valence-electron chi connectivity index (χ4n) is 2.95. The van der Waals surface area contributed by atoms with Crippen LogP contribution >= 0.6 is 0 Å². The lowest BCUT2D eigenvalue weighted by Crippen LogP contribution is -2.29. The molecule has 0 saturated carbocycles. The molecule has 0 aromatic heterocycles. The Morgan fingerprint density at radius 1 is 1.00 bits per heavy atom. The van der Waals surface area contributed by atoms with E-state index in [1.807, 2.05) is 37.3 Å². The van der Waals surface area contributed by atoms with E-state index >= 15 is 0 Å². The second kappa shape index (κ2) is 10.6. The first-order valence-electron chi connectivity index (χ1n) is 9.13. The summed E-state index contributed by atoms with van der Waals surface area (Å²) < 4.78 is 0. The molecular weight excluding hydrogens is 326 g/mol. The van der Waals surface area contributed by atoms with Crippen LogP contribution in [0.1, 0.15) is 68.4 Å². The molecule has 3 N–H and O–H groups in total. The molecule has 0 fully saturated rings. The highest BCUT2D eigenvalue weighted by Gasteiger charge is 2.17. The number of phenolic OH excluding ortho intramolecular Hbond substituents is 1. The van der Waals surface area contributed by atoms with Crippen molar-refractivity contribution in [2.24, 2.45) is 0 Å². The molecule has 2 aromatic carbocycles. The number of nitrogens with one attached hydrogen (secondary N) is 1. The fraction of sp³-hybridized carbons (Fsp3) is 0.409. The number of benzene rings is 2. The average Bonchev–Trinajstić information content (AvgIpc) is 2.57. The number of rotatable bonds is 6. The number of aromatic carboxylic acids is 1. The molecule has 0 spiro atoms. The number of phenols is 1. The van der Waals surface area contributed by atoms with E-state index in [1.165, 1.54) is 12.1 Å². The highest BCUT2D eigenvalue weighted by Crippen LogP contribution is 2.34. The van der Waals surface area contributed by atoms with Crippen LogP contribution in [-0.2, 0) is 0 Å². The van der Waals surface area contributed by atoms with E-state index in [4.69, 9.17) is 5.11 Å². The zero-order valence-corrected chi connectivity index (χ0v) is 16.4. The molecule has 4 nitrogen and oxygen atoms in total. The molecule has 1 atom stereocenters. The normalized spacial score (nSPS) is 11.8. The Morgan fingerprint density at radius 2 is 1.58 bits per heavy atom. The van der Waals surface area contributed by atoms with Gasteiger partial charge in [-0.05, 0) is 30.2 Å². The maximum absolute atomic E-state index is 11.0. The zero-order chi connectivity index (χ0) is 19.7. The Morgan fingerprint density at radius 3 is 2.00 bits per heavy atom. The summed E-state index contributed by atoms with van der Waals surface area (Å²) in [5.74, 6) is -0.842. The summed E-state index contributed by atoms with van der Waals surface area (Å²) in [4.78, 5) is 11.0. The smallest absolute Gasteiger partial charge is 0.335 e. The van der Waals surface area contributed by atoms with Gasteiger partial charge in [-0.3, -0.25) is 0 Å². The molecule has 0 saturated heterocycles. The number of carbonyl (C=O) groups is 1. The molecule has 2 aromatic rings. The van der Waals surface area contributed by atoms with Gasteiger partial charge in [0.2, 0.25) is 0 Å². The topological polar surface area (TPSA) is 69.6 Å². The Labute approximate surface area is 156 Å². The van der Waals surface area contributed by atoms with Crippen LogP contribution in [0.25, 0.3) is 0 Å². The zero-order valence-electron chi connectivity index (χ0n) is 16.4. The Balaban J connectivity index is 0.000000412. The van der Waals surface area contributed by atoms with Crippen LogP contribution in [0.15, 0.2) is 48.5 Å². The summed E-state index contributed by atoms with van der Waals surface area (Å²) in [7, 11) is 0. The fourth-order valence-corrected chi connectivity index (χ4v) is 2.95. The van der Waals surface area contributed by atoms with Crippen LogP contribution < -0.4 is 5.32 Å². The molecule has 0 aliphatic rings. The van der Waals surface area contributed by atoms with Gasteiger partial charge in [-0.25, -0.2) is 4.79 Å². The van der Waals surface area contributed by atoms with Crippen molar-refractivity contribution in [2.45, 2.75) is 59.0 Å². The Bertz CT molecular complexity index is 675. The largest absolute Gasteiger partial charge is 0.508 e. The summed E-state index contributed by atoms with van der Waals surface area (Å²) in [6, 6.07) is 15.5. The van der Waals surface area contributed by atoms with E-state index < -0.39 is 5.97 Å². The van der Waals surface area contributed by atoms with Crippen LogP contribution in [0.5, 0.6) is 5.75 Å². The van der Waals surface area contributed by atoms with Crippen LogP contribution in [0.4, 0.5) is 0 Å². The molecule has 0 bridgehead atoms. The van der Waals surface area contributed by atoms with Gasteiger partial charge in [0.1, 0.15) is 5.75 Å². The second-order valence-electron chi connectivity index (χ2n) is 6.93. The molecule has 142 valence electrons. The predicted molar refractivity (Wildman–Crippen MR) is 107 cm³/mol. The lowest BCUT2D eigenvalue weighted by atomic mass is 9.87. The quantitative estimate of drug-likeness (QED) is 0.678. The van der Waals surface area contributed by atoms with Crippen LogP contribution in [-0.4, -0.2) is 28.3 Å². The minimum Gasteiger partial charge on any atom is -0.508 e. The van der Waals surface area contributed by atoms with Gasteiger partial charge in [0.15, 0.2) is 0 Å². The maximum Gasteiger partial charge on any atom is 0.335 e. The number of hydrogen-bond donors (Lipinski definition) is 3. The van der Waals surface area contributed by atoms with E-state index in [0.717, 1.165) is 12.0 Å². The van der Waals surface area contributed by atoms with Crippen LogP contribution in [0, 0.1) is 0 Å². The maximum atomic E-state index is 11.0. The highest BCUT2D eigenvalue weighted by molar-refractivity contribution is 5.88. The summed E-state index contributed by atoms with van der Waals surface area (Å²) in [6.07, 6.45) is 0.792. The van der Waals surface area contributed by atoms with Crippen molar-refractivity contribution in [3.63, 3.8) is 0 Å². The highest BCUT2D eigenvalue weighted by atomic mass is 16.4. The first-order valence-corrected chi connectivity index (χ1v) is 9.13. The second-order valence-corrected chi connectivity index (χ2v) is 6.93. The molecule has 0 amide bonds. The molecule has 0 heterocycles. The molecule has 4 heteroatoms. The van der Waals surface area contributed by atoms with E-state index in [2.05, 4.69) is 33.0 Å². The summed E-state index contributed by atoms with van der Waals surface area (Å²) in [6.45, 7) is 10.6. The average molecular weight is 357 g/mol. The van der Waals surface area contributed by atoms with Crippen molar-refractivity contribution >= 4 is 5.97 Å². The number of aromatic hydroxyl groups is 1. The minimum atomic E-state index is -0.982. The van der Waals surface area contributed by atoms with Crippen molar-refractivity contribution < 1.29 is 15.0 Å². The van der Waals surface area contributed by atoms with Gasteiger partial charge < -0.3 is 15.5 Å². The monoisotopic (exact) mass is 357 g/mol. The summed E-state index contributed by atoms with van der Waals surface area (Å²) in [5, 5.41) is 22.3. The van der Waals surface area contributed by atoms with Gasteiger partial charge in [0.05, 0.1) is 5.56 Å². The molecule has 26 heavy (non-hydrogen) atoms. The van der Waals surface area contributed by atoms with Gasteiger partial charge in [0.25, 0.3) is 0 Å². The van der Waals surface area contributed by atoms with E-state index in [1.54, 1.807) is 6.07 Å². The molecule has 0 aliphatic carbocycles. The van der Waals surface area contributed by atoms with Gasteiger partial charge in [0, 0.05) is 23.6 Å². The number of carboxylic acid groups (broad SMARTS) is 1. The first kappa shape index (κ1) is 21.7. The van der Waals surface area contributed by atoms with Gasteiger partial charge in [-0.2, -0.15) is 0 Å². The van der Waals surface area contributed by atoms with E-state index in [0.29, 0.717) is 17.6 Å². The number of carboxylic acids is 1. The van der Waals surface area contributed by atoms with E-state index in [9.17, 15) is 9.90 Å².